The second kappa shape index (κ2) is 5.00. The molecule has 1 amide bonds. The Morgan fingerprint density at radius 3 is 2.87 bits per heavy atom. The molecule has 0 aromatic heterocycles. The monoisotopic (exact) mass is 228 g/mol. The number of hydrogen-bond donors (Lipinski definition) is 1. The highest BCUT2D eigenvalue weighted by Crippen LogP contribution is 2.25. The van der Waals surface area contributed by atoms with Crippen LogP contribution in [0.15, 0.2) is 24.3 Å². The van der Waals surface area contributed by atoms with Gasteiger partial charge in [-0.25, -0.2) is 4.79 Å². The molecule has 1 aromatic carbocycles. The molecule has 2 rings (SSSR count). The van der Waals surface area contributed by atoms with Gasteiger partial charge in [0.2, 0.25) is 0 Å². The van der Waals surface area contributed by atoms with Gasteiger partial charge in [-0.3, -0.25) is 4.90 Å². The van der Waals surface area contributed by atoms with Crippen LogP contribution >= 0.6 is 12.4 Å². The van der Waals surface area contributed by atoms with Gasteiger partial charge in [0.05, 0.1) is 5.69 Å². The average molecular weight is 229 g/mol. The van der Waals surface area contributed by atoms with Crippen LogP contribution in [0.1, 0.15) is 5.56 Å². The average Bonchev–Trinajstić information content (AvgIpc) is 2.23. The number of halogens is 1. The summed E-state index contributed by atoms with van der Waals surface area (Å²) in [6.07, 6.45) is -0.311. The largest absolute Gasteiger partial charge is 0.444 e. The zero-order valence-corrected chi connectivity index (χ0v) is 9.00. The molecule has 0 aliphatic carbocycles. The lowest BCUT2D eigenvalue weighted by Gasteiger charge is -2.28. The molecule has 0 fully saturated rings. The first-order chi connectivity index (χ1) is 6.83. The molecule has 0 atom stereocenters. The molecule has 1 aromatic rings. The number of amides is 1. The number of anilines is 1. The predicted molar refractivity (Wildman–Crippen MR) is 60.3 cm³/mol. The smallest absolute Gasteiger partial charge is 0.414 e. The molecule has 2 N–H and O–H groups in total. The molecule has 0 radical (unpaired) electrons. The topological polar surface area (TPSA) is 55.6 Å². The van der Waals surface area contributed by atoms with Crippen molar-refractivity contribution < 1.29 is 9.53 Å². The Morgan fingerprint density at radius 1 is 1.40 bits per heavy atom. The number of rotatable bonds is 2. The molecule has 82 valence electrons. The first kappa shape index (κ1) is 11.8. The van der Waals surface area contributed by atoms with Gasteiger partial charge in [0.1, 0.15) is 6.61 Å². The summed E-state index contributed by atoms with van der Waals surface area (Å²) in [5.41, 5.74) is 7.37. The number of carbonyl (C=O) groups excluding carboxylic acids is 1. The van der Waals surface area contributed by atoms with E-state index in [4.69, 9.17) is 10.5 Å². The van der Waals surface area contributed by atoms with E-state index in [1.807, 2.05) is 24.3 Å². The summed E-state index contributed by atoms with van der Waals surface area (Å²) < 4.78 is 5.00. The lowest BCUT2D eigenvalue weighted by atomic mass is 10.1. The zero-order chi connectivity index (χ0) is 9.97. The summed E-state index contributed by atoms with van der Waals surface area (Å²) in [5.74, 6) is 0. The van der Waals surface area contributed by atoms with Gasteiger partial charge in [-0.1, -0.05) is 18.2 Å². The van der Waals surface area contributed by atoms with Gasteiger partial charge in [0, 0.05) is 18.7 Å². The fourth-order valence-corrected chi connectivity index (χ4v) is 1.55. The lowest BCUT2D eigenvalue weighted by Crippen LogP contribution is -2.39. The molecular formula is C10H13ClN2O2. The maximum Gasteiger partial charge on any atom is 0.414 e. The minimum Gasteiger partial charge on any atom is -0.444 e. The number of cyclic esters (lactones) is 1. The first-order valence-corrected chi connectivity index (χ1v) is 4.55. The molecule has 1 aliphatic rings. The van der Waals surface area contributed by atoms with E-state index in [0.29, 0.717) is 19.7 Å². The minimum absolute atomic E-state index is 0. The van der Waals surface area contributed by atoms with Gasteiger partial charge >= 0.3 is 6.09 Å². The summed E-state index contributed by atoms with van der Waals surface area (Å²) >= 11 is 0. The number of para-hydroxylation sites is 1. The van der Waals surface area contributed by atoms with Crippen LogP contribution in [0.3, 0.4) is 0 Å². The number of carbonyl (C=O) groups is 1. The number of ether oxygens (including phenoxy) is 1. The van der Waals surface area contributed by atoms with Gasteiger partial charge in [0.15, 0.2) is 0 Å². The molecule has 0 bridgehead atoms. The highest BCUT2D eigenvalue weighted by molar-refractivity contribution is 5.90. The number of nitrogens with zero attached hydrogens (tertiary/aromatic N) is 1. The fraction of sp³-hybridized carbons (Fsp3) is 0.300. The van der Waals surface area contributed by atoms with Crippen molar-refractivity contribution >= 4 is 24.2 Å². The molecule has 0 saturated carbocycles. The van der Waals surface area contributed by atoms with Crippen LogP contribution in [0.2, 0.25) is 0 Å². The van der Waals surface area contributed by atoms with E-state index in [1.165, 1.54) is 0 Å². The third-order valence-corrected chi connectivity index (χ3v) is 2.21. The van der Waals surface area contributed by atoms with Crippen molar-refractivity contribution in [2.75, 3.05) is 18.0 Å². The third-order valence-electron chi connectivity index (χ3n) is 2.21. The minimum atomic E-state index is -0.311. The van der Waals surface area contributed by atoms with Crippen molar-refractivity contribution in [1.29, 1.82) is 0 Å². The number of nitrogens with two attached hydrogens (primary N) is 1. The number of fused-ring (bicyclic) bond motifs is 1. The van der Waals surface area contributed by atoms with Crippen LogP contribution in [0.5, 0.6) is 0 Å². The summed E-state index contributed by atoms with van der Waals surface area (Å²) in [6, 6.07) is 7.69. The predicted octanol–water partition coefficient (Wildman–Crippen LogP) is 1.52. The van der Waals surface area contributed by atoms with Gasteiger partial charge in [-0.05, 0) is 6.07 Å². The Labute approximate surface area is 94.4 Å². The molecule has 5 heteroatoms. The molecule has 0 saturated heterocycles. The van der Waals surface area contributed by atoms with Gasteiger partial charge < -0.3 is 10.5 Å². The normalized spacial score (nSPS) is 13.9. The SMILES string of the molecule is Cl.NCCN1C(=O)OCc2ccccc21. The summed E-state index contributed by atoms with van der Waals surface area (Å²) in [7, 11) is 0. The Bertz CT molecular complexity index is 357. The van der Waals surface area contributed by atoms with Crippen molar-refractivity contribution in [3.8, 4) is 0 Å². The molecule has 15 heavy (non-hydrogen) atoms. The fourth-order valence-electron chi connectivity index (χ4n) is 1.55. The van der Waals surface area contributed by atoms with E-state index in [-0.39, 0.29) is 18.5 Å². The molecule has 0 spiro atoms. The zero-order valence-electron chi connectivity index (χ0n) is 8.18. The summed E-state index contributed by atoms with van der Waals surface area (Å²) in [5, 5.41) is 0. The Kier molecular flexibility index (Phi) is 3.94. The van der Waals surface area contributed by atoms with Gasteiger partial charge in [-0.15, -0.1) is 12.4 Å². The number of benzene rings is 1. The Morgan fingerprint density at radius 2 is 2.13 bits per heavy atom. The van der Waals surface area contributed by atoms with E-state index < -0.39 is 0 Å². The van der Waals surface area contributed by atoms with Crippen LogP contribution in [0, 0.1) is 0 Å². The van der Waals surface area contributed by atoms with Crippen LogP contribution in [0.25, 0.3) is 0 Å². The highest BCUT2D eigenvalue weighted by Gasteiger charge is 2.23. The molecule has 1 heterocycles. The van der Waals surface area contributed by atoms with Crippen molar-refractivity contribution in [3.05, 3.63) is 29.8 Å². The second-order valence-corrected chi connectivity index (χ2v) is 3.12. The maximum atomic E-state index is 11.4. The third kappa shape index (κ3) is 2.22. The van der Waals surface area contributed by atoms with Crippen LogP contribution in [0.4, 0.5) is 10.5 Å². The van der Waals surface area contributed by atoms with Crippen LogP contribution < -0.4 is 10.6 Å². The molecule has 0 unspecified atom stereocenters. The standard InChI is InChI=1S/C10H12N2O2.ClH/c11-5-6-12-9-4-2-1-3-8(9)7-14-10(12)13;/h1-4H,5-7,11H2;1H. The molecular weight excluding hydrogens is 216 g/mol. The van der Waals surface area contributed by atoms with E-state index in [9.17, 15) is 4.79 Å². The van der Waals surface area contributed by atoms with Crippen molar-refractivity contribution in [1.82, 2.24) is 0 Å². The van der Waals surface area contributed by atoms with E-state index >= 15 is 0 Å². The Hall–Kier alpha value is -1.26. The van der Waals surface area contributed by atoms with E-state index in [0.717, 1.165) is 11.3 Å². The van der Waals surface area contributed by atoms with Crippen LogP contribution in [-0.4, -0.2) is 19.2 Å². The second-order valence-electron chi connectivity index (χ2n) is 3.12. The molecule has 4 nitrogen and oxygen atoms in total. The van der Waals surface area contributed by atoms with Gasteiger partial charge in [0.25, 0.3) is 0 Å². The lowest BCUT2D eigenvalue weighted by molar-refractivity contribution is 0.142. The summed E-state index contributed by atoms with van der Waals surface area (Å²) in [4.78, 5) is 13.0. The van der Waals surface area contributed by atoms with Gasteiger partial charge in [-0.2, -0.15) is 0 Å². The van der Waals surface area contributed by atoms with Crippen molar-refractivity contribution in [3.63, 3.8) is 0 Å². The number of hydrogen-bond acceptors (Lipinski definition) is 3. The van der Waals surface area contributed by atoms with E-state index in [2.05, 4.69) is 0 Å². The highest BCUT2D eigenvalue weighted by atomic mass is 35.5. The Balaban J connectivity index is 0.00000112. The van der Waals surface area contributed by atoms with Crippen LogP contribution in [-0.2, 0) is 11.3 Å². The molecule has 1 aliphatic heterocycles. The quantitative estimate of drug-likeness (QED) is 0.835. The van der Waals surface area contributed by atoms with Crippen molar-refractivity contribution in [2.24, 2.45) is 5.73 Å². The summed E-state index contributed by atoms with van der Waals surface area (Å²) in [6.45, 7) is 1.29. The maximum absolute atomic E-state index is 11.4. The first-order valence-electron chi connectivity index (χ1n) is 4.55. The van der Waals surface area contributed by atoms with E-state index in [1.54, 1.807) is 4.90 Å². The van der Waals surface area contributed by atoms with Crippen molar-refractivity contribution in [2.45, 2.75) is 6.61 Å².